The first kappa shape index (κ1) is 15.3. The van der Waals surface area contributed by atoms with Crippen molar-refractivity contribution in [3.05, 3.63) is 54.1 Å². The van der Waals surface area contributed by atoms with E-state index in [2.05, 4.69) is 29.1 Å². The maximum Gasteiger partial charge on any atom is 0.268 e. The Morgan fingerprint density at radius 2 is 2.04 bits per heavy atom. The van der Waals surface area contributed by atoms with Gasteiger partial charge in [0.2, 0.25) is 0 Å². The van der Waals surface area contributed by atoms with Gasteiger partial charge in [0.15, 0.2) is 0 Å². The van der Waals surface area contributed by atoms with Crippen LogP contribution in [-0.2, 0) is 7.05 Å². The highest BCUT2D eigenvalue weighted by atomic mass is 16.2. The number of aromatic amines is 1. The van der Waals surface area contributed by atoms with Gasteiger partial charge in [-0.15, -0.1) is 0 Å². The van der Waals surface area contributed by atoms with Crippen molar-refractivity contribution in [2.24, 2.45) is 13.0 Å². The molecule has 2 N–H and O–H groups in total. The van der Waals surface area contributed by atoms with Gasteiger partial charge in [0.25, 0.3) is 5.91 Å². The number of aromatic nitrogens is 3. The van der Waals surface area contributed by atoms with E-state index in [1.165, 1.54) is 0 Å². The fraction of sp³-hybridized carbons (Fsp3) is 0.333. The molecule has 0 bridgehead atoms. The van der Waals surface area contributed by atoms with Gasteiger partial charge in [0, 0.05) is 13.2 Å². The second-order valence-corrected chi connectivity index (χ2v) is 6.30. The van der Waals surface area contributed by atoms with Crippen LogP contribution in [-0.4, -0.2) is 20.4 Å². The smallest absolute Gasteiger partial charge is 0.268 e. The average Bonchev–Trinajstić information content (AvgIpc) is 3.11. The van der Waals surface area contributed by atoms with Gasteiger partial charge in [-0.3, -0.25) is 4.79 Å². The highest BCUT2D eigenvalue weighted by Crippen LogP contribution is 2.22. The van der Waals surface area contributed by atoms with Crippen LogP contribution in [0, 0.1) is 5.92 Å². The molecule has 0 saturated carbocycles. The second kappa shape index (κ2) is 6.28. The van der Waals surface area contributed by atoms with Gasteiger partial charge in [-0.1, -0.05) is 26.0 Å². The number of hydrogen-bond acceptors (Lipinski definition) is 2. The fourth-order valence-corrected chi connectivity index (χ4v) is 2.78. The lowest BCUT2D eigenvalue weighted by atomic mass is 10.0. The maximum absolute atomic E-state index is 12.5. The Morgan fingerprint density at radius 1 is 1.26 bits per heavy atom. The SMILES string of the molecule is CC(C)C[C@@H](NC(=O)c1cccn1C)c1nc2ccccc2[nH]1. The van der Waals surface area contributed by atoms with E-state index in [1.54, 1.807) is 0 Å². The Labute approximate surface area is 135 Å². The number of carbonyl (C=O) groups excluding carboxylic acids is 1. The van der Waals surface area contributed by atoms with Gasteiger partial charge < -0.3 is 14.9 Å². The molecule has 0 aliphatic carbocycles. The summed E-state index contributed by atoms with van der Waals surface area (Å²) in [7, 11) is 1.87. The second-order valence-electron chi connectivity index (χ2n) is 6.30. The quantitative estimate of drug-likeness (QED) is 0.758. The normalized spacial score (nSPS) is 12.7. The van der Waals surface area contributed by atoms with Crippen molar-refractivity contribution >= 4 is 16.9 Å². The molecule has 1 amide bonds. The molecular formula is C18H22N4O. The fourth-order valence-electron chi connectivity index (χ4n) is 2.78. The van der Waals surface area contributed by atoms with Gasteiger partial charge in [-0.05, 0) is 36.6 Å². The first-order chi connectivity index (χ1) is 11.0. The first-order valence-corrected chi connectivity index (χ1v) is 7.91. The van der Waals surface area contributed by atoms with E-state index < -0.39 is 0 Å². The number of carbonyl (C=O) groups is 1. The Bertz CT molecular complexity index is 782. The first-order valence-electron chi connectivity index (χ1n) is 7.91. The molecule has 0 spiro atoms. The topological polar surface area (TPSA) is 62.7 Å². The predicted molar refractivity (Wildman–Crippen MR) is 91.2 cm³/mol. The van der Waals surface area contributed by atoms with Crippen molar-refractivity contribution in [1.82, 2.24) is 19.9 Å². The lowest BCUT2D eigenvalue weighted by Gasteiger charge is -2.19. The molecule has 0 aliphatic rings. The number of nitrogens with one attached hydrogen (secondary N) is 2. The minimum absolute atomic E-state index is 0.0800. The van der Waals surface area contributed by atoms with E-state index >= 15 is 0 Å². The van der Waals surface area contributed by atoms with Crippen molar-refractivity contribution in [2.75, 3.05) is 0 Å². The highest BCUT2D eigenvalue weighted by molar-refractivity contribution is 5.93. The lowest BCUT2D eigenvalue weighted by molar-refractivity contribution is 0.0922. The van der Waals surface area contributed by atoms with Crippen LogP contribution in [0.1, 0.15) is 42.6 Å². The Balaban J connectivity index is 1.88. The number of H-pyrrole nitrogens is 1. The van der Waals surface area contributed by atoms with Crippen molar-refractivity contribution in [1.29, 1.82) is 0 Å². The molecule has 0 fully saturated rings. The molecule has 3 aromatic rings. The summed E-state index contributed by atoms with van der Waals surface area (Å²) in [6.07, 6.45) is 2.70. The number of nitrogens with zero attached hydrogens (tertiary/aromatic N) is 2. The number of hydrogen-bond donors (Lipinski definition) is 2. The highest BCUT2D eigenvalue weighted by Gasteiger charge is 2.21. The summed E-state index contributed by atoms with van der Waals surface area (Å²) >= 11 is 0. The molecule has 120 valence electrons. The third-order valence-corrected chi connectivity index (χ3v) is 3.93. The van der Waals surface area contributed by atoms with E-state index in [1.807, 2.05) is 54.2 Å². The maximum atomic E-state index is 12.5. The number of fused-ring (bicyclic) bond motifs is 1. The summed E-state index contributed by atoms with van der Waals surface area (Å²) in [6.45, 7) is 4.29. The van der Waals surface area contributed by atoms with Gasteiger partial charge >= 0.3 is 0 Å². The van der Waals surface area contributed by atoms with Crippen LogP contribution >= 0.6 is 0 Å². The molecule has 1 aromatic carbocycles. The molecule has 5 nitrogen and oxygen atoms in total. The Morgan fingerprint density at radius 3 is 2.70 bits per heavy atom. The summed E-state index contributed by atoms with van der Waals surface area (Å²) in [5.74, 6) is 1.17. The molecule has 1 atom stereocenters. The number of aryl methyl sites for hydroxylation is 1. The summed E-state index contributed by atoms with van der Waals surface area (Å²) < 4.78 is 1.82. The van der Waals surface area contributed by atoms with Crippen molar-refractivity contribution < 1.29 is 4.79 Å². The molecular weight excluding hydrogens is 288 g/mol. The monoisotopic (exact) mass is 310 g/mol. The third-order valence-electron chi connectivity index (χ3n) is 3.93. The molecule has 0 aliphatic heterocycles. The van der Waals surface area contributed by atoms with Crippen LogP contribution in [0.25, 0.3) is 11.0 Å². The van der Waals surface area contributed by atoms with E-state index in [4.69, 9.17) is 0 Å². The average molecular weight is 310 g/mol. The molecule has 0 saturated heterocycles. The standard InChI is InChI=1S/C18H22N4O/c1-12(2)11-15(21-18(23)16-9-6-10-22(16)3)17-19-13-7-4-5-8-14(13)20-17/h4-10,12,15H,11H2,1-3H3,(H,19,20)(H,21,23)/t15-/m1/s1. The molecule has 0 radical (unpaired) electrons. The van der Waals surface area contributed by atoms with Gasteiger partial charge in [-0.25, -0.2) is 4.98 Å². The Kier molecular flexibility index (Phi) is 4.19. The summed E-state index contributed by atoms with van der Waals surface area (Å²) in [5.41, 5.74) is 2.56. The third kappa shape index (κ3) is 3.28. The van der Waals surface area contributed by atoms with E-state index in [9.17, 15) is 4.79 Å². The zero-order chi connectivity index (χ0) is 16.4. The molecule has 23 heavy (non-hydrogen) atoms. The Hall–Kier alpha value is -2.56. The minimum atomic E-state index is -0.134. The zero-order valence-corrected chi connectivity index (χ0v) is 13.7. The summed E-state index contributed by atoms with van der Waals surface area (Å²) in [4.78, 5) is 20.5. The van der Waals surface area contributed by atoms with Gasteiger partial charge in [0.05, 0.1) is 17.1 Å². The van der Waals surface area contributed by atoms with E-state index in [0.717, 1.165) is 23.3 Å². The number of rotatable bonds is 5. The molecule has 5 heteroatoms. The van der Waals surface area contributed by atoms with Gasteiger partial charge in [0.1, 0.15) is 11.5 Å². The van der Waals surface area contributed by atoms with E-state index in [0.29, 0.717) is 11.6 Å². The molecule has 0 unspecified atom stereocenters. The minimum Gasteiger partial charge on any atom is -0.347 e. The van der Waals surface area contributed by atoms with Crippen molar-refractivity contribution in [3.8, 4) is 0 Å². The number of benzene rings is 1. The number of para-hydroxylation sites is 2. The largest absolute Gasteiger partial charge is 0.347 e. The van der Waals surface area contributed by atoms with Crippen LogP contribution in [0.4, 0.5) is 0 Å². The van der Waals surface area contributed by atoms with Crippen LogP contribution in [0.3, 0.4) is 0 Å². The summed E-state index contributed by atoms with van der Waals surface area (Å²) in [6, 6.07) is 11.5. The van der Waals surface area contributed by atoms with Crippen molar-refractivity contribution in [2.45, 2.75) is 26.3 Å². The van der Waals surface area contributed by atoms with Crippen molar-refractivity contribution in [3.63, 3.8) is 0 Å². The van der Waals surface area contributed by atoms with Gasteiger partial charge in [-0.2, -0.15) is 0 Å². The zero-order valence-electron chi connectivity index (χ0n) is 13.7. The van der Waals surface area contributed by atoms with Crippen LogP contribution in [0.15, 0.2) is 42.6 Å². The van der Waals surface area contributed by atoms with E-state index in [-0.39, 0.29) is 11.9 Å². The predicted octanol–water partition coefficient (Wildman–Crippen LogP) is 3.42. The number of amides is 1. The molecule has 2 aromatic heterocycles. The van der Waals surface area contributed by atoms with Crippen LogP contribution in [0.2, 0.25) is 0 Å². The number of imidazole rings is 1. The molecule has 2 heterocycles. The lowest BCUT2D eigenvalue weighted by Crippen LogP contribution is -2.31. The molecule has 3 rings (SSSR count). The van der Waals surface area contributed by atoms with Crippen LogP contribution in [0.5, 0.6) is 0 Å². The van der Waals surface area contributed by atoms with Crippen LogP contribution < -0.4 is 5.32 Å². The summed E-state index contributed by atoms with van der Waals surface area (Å²) in [5, 5.41) is 3.12.